The summed E-state index contributed by atoms with van der Waals surface area (Å²) in [7, 11) is 2.03. The van der Waals surface area contributed by atoms with E-state index in [0.29, 0.717) is 5.91 Å². The van der Waals surface area contributed by atoms with Crippen molar-refractivity contribution in [2.75, 3.05) is 26.7 Å². The number of alkyl halides is 3. The highest BCUT2D eigenvalue weighted by atomic mass is 19.4. The van der Waals surface area contributed by atoms with E-state index >= 15 is 0 Å². The predicted octanol–water partition coefficient (Wildman–Crippen LogP) is 2.51. The largest absolute Gasteiger partial charge is 0.490 e. The van der Waals surface area contributed by atoms with Crippen molar-refractivity contribution in [3.63, 3.8) is 0 Å². The van der Waals surface area contributed by atoms with Crippen LogP contribution in [0.1, 0.15) is 44.9 Å². The fraction of sp³-hybridized carbons (Fsp3) is 0.875. The van der Waals surface area contributed by atoms with Crippen LogP contribution in [0.2, 0.25) is 0 Å². The van der Waals surface area contributed by atoms with Gasteiger partial charge in [-0.05, 0) is 51.0 Å². The van der Waals surface area contributed by atoms with E-state index in [-0.39, 0.29) is 5.54 Å². The molecule has 3 rings (SSSR count). The number of hydrogen-bond donors (Lipinski definition) is 1. The van der Waals surface area contributed by atoms with Crippen molar-refractivity contribution in [3.05, 3.63) is 0 Å². The van der Waals surface area contributed by atoms with Crippen LogP contribution in [0, 0.1) is 5.92 Å². The summed E-state index contributed by atoms with van der Waals surface area (Å²) in [5.74, 6) is -1.42. The molecule has 1 spiro atoms. The molecule has 2 aliphatic heterocycles. The second kappa shape index (κ2) is 7.29. The Kier molecular flexibility index (Phi) is 5.78. The van der Waals surface area contributed by atoms with Crippen molar-refractivity contribution >= 4 is 11.9 Å². The number of carboxylic acid groups (broad SMARTS) is 1. The average molecular weight is 350 g/mol. The Bertz CT molecular complexity index is 476. The highest BCUT2D eigenvalue weighted by Crippen LogP contribution is 2.37. The molecule has 0 aromatic carbocycles. The van der Waals surface area contributed by atoms with Gasteiger partial charge in [0, 0.05) is 26.6 Å². The Labute approximate surface area is 139 Å². The van der Waals surface area contributed by atoms with E-state index in [0.717, 1.165) is 25.3 Å². The van der Waals surface area contributed by atoms with Gasteiger partial charge in [0.15, 0.2) is 0 Å². The molecule has 0 radical (unpaired) electrons. The molecule has 8 heteroatoms. The van der Waals surface area contributed by atoms with Gasteiger partial charge < -0.3 is 14.9 Å². The van der Waals surface area contributed by atoms with Crippen LogP contribution < -0.4 is 0 Å². The predicted molar refractivity (Wildman–Crippen MR) is 81.4 cm³/mol. The van der Waals surface area contributed by atoms with Gasteiger partial charge in [-0.25, -0.2) is 4.79 Å². The van der Waals surface area contributed by atoms with E-state index in [2.05, 4.69) is 9.80 Å². The fourth-order valence-electron chi connectivity index (χ4n) is 3.67. The number of amides is 1. The summed E-state index contributed by atoms with van der Waals surface area (Å²) < 4.78 is 31.7. The summed E-state index contributed by atoms with van der Waals surface area (Å²) in [4.78, 5) is 25.5. The third-order valence-corrected chi connectivity index (χ3v) is 5.21. The monoisotopic (exact) mass is 350 g/mol. The van der Waals surface area contributed by atoms with Crippen molar-refractivity contribution in [2.45, 2.75) is 56.7 Å². The highest BCUT2D eigenvalue weighted by molar-refractivity contribution is 5.77. The van der Waals surface area contributed by atoms with E-state index in [9.17, 15) is 18.0 Å². The Balaban J connectivity index is 0.000000256. The molecular formula is C16H25F3N2O3. The maximum Gasteiger partial charge on any atom is 0.490 e. The van der Waals surface area contributed by atoms with E-state index in [1.54, 1.807) is 0 Å². The smallest absolute Gasteiger partial charge is 0.475 e. The molecule has 3 aliphatic rings. The SMILES string of the molecule is CN1C(=O)CCCC12CCCN(CC1CC1)C2.O=C(O)C(F)(F)F. The molecule has 1 aliphatic carbocycles. The quantitative estimate of drug-likeness (QED) is 0.831. The molecule has 1 amide bonds. The van der Waals surface area contributed by atoms with E-state index in [1.807, 2.05) is 7.05 Å². The van der Waals surface area contributed by atoms with Gasteiger partial charge in [0.05, 0.1) is 5.54 Å². The first-order valence-electron chi connectivity index (χ1n) is 8.43. The number of piperidine rings is 2. The van der Waals surface area contributed by atoms with Crippen molar-refractivity contribution < 1.29 is 27.9 Å². The molecule has 1 N–H and O–H groups in total. The normalized spacial score (nSPS) is 28.5. The molecule has 0 bridgehead atoms. The number of aliphatic carboxylic acids is 1. The lowest BCUT2D eigenvalue weighted by molar-refractivity contribution is -0.192. The number of hydrogen-bond acceptors (Lipinski definition) is 3. The molecule has 1 unspecified atom stereocenters. The van der Waals surface area contributed by atoms with Crippen LogP contribution in [0.25, 0.3) is 0 Å². The zero-order valence-electron chi connectivity index (χ0n) is 13.9. The number of rotatable bonds is 2. The zero-order chi connectivity index (χ0) is 18.0. The van der Waals surface area contributed by atoms with Crippen LogP contribution in [0.15, 0.2) is 0 Å². The van der Waals surface area contributed by atoms with Gasteiger partial charge in [0.2, 0.25) is 5.91 Å². The number of carbonyl (C=O) groups excluding carboxylic acids is 1. The number of likely N-dealkylation sites (N-methyl/N-ethyl adjacent to an activating group) is 1. The Hall–Kier alpha value is -1.31. The number of nitrogens with zero attached hydrogens (tertiary/aromatic N) is 2. The number of halogens is 3. The van der Waals surface area contributed by atoms with Crippen LogP contribution in [-0.2, 0) is 9.59 Å². The minimum Gasteiger partial charge on any atom is -0.475 e. The lowest BCUT2D eigenvalue weighted by Crippen LogP contribution is -2.61. The molecule has 0 aromatic heterocycles. The molecule has 138 valence electrons. The van der Waals surface area contributed by atoms with E-state index < -0.39 is 12.1 Å². The minimum absolute atomic E-state index is 0.183. The molecular weight excluding hydrogens is 325 g/mol. The molecule has 1 saturated carbocycles. The van der Waals surface area contributed by atoms with Crippen molar-refractivity contribution in [1.29, 1.82) is 0 Å². The molecule has 24 heavy (non-hydrogen) atoms. The van der Waals surface area contributed by atoms with Gasteiger partial charge in [-0.1, -0.05) is 0 Å². The Morgan fingerprint density at radius 3 is 2.42 bits per heavy atom. The van der Waals surface area contributed by atoms with Gasteiger partial charge in [0.1, 0.15) is 0 Å². The lowest BCUT2D eigenvalue weighted by Gasteiger charge is -2.51. The summed E-state index contributed by atoms with van der Waals surface area (Å²) in [6.45, 7) is 3.66. The highest BCUT2D eigenvalue weighted by Gasteiger charge is 2.43. The maximum atomic E-state index is 11.9. The minimum atomic E-state index is -5.08. The van der Waals surface area contributed by atoms with E-state index in [4.69, 9.17) is 9.90 Å². The third-order valence-electron chi connectivity index (χ3n) is 5.21. The summed E-state index contributed by atoms with van der Waals surface area (Å²) >= 11 is 0. The number of likely N-dealkylation sites (tertiary alicyclic amines) is 2. The van der Waals surface area contributed by atoms with Gasteiger partial charge >= 0.3 is 12.1 Å². The molecule has 0 aromatic rings. The van der Waals surface area contributed by atoms with Crippen LogP contribution in [0.5, 0.6) is 0 Å². The molecule has 1 atom stereocenters. The van der Waals surface area contributed by atoms with Crippen LogP contribution >= 0.6 is 0 Å². The van der Waals surface area contributed by atoms with Gasteiger partial charge in [-0.2, -0.15) is 13.2 Å². The molecule has 2 heterocycles. The van der Waals surface area contributed by atoms with Crippen molar-refractivity contribution in [1.82, 2.24) is 9.80 Å². The Morgan fingerprint density at radius 2 is 1.88 bits per heavy atom. The topological polar surface area (TPSA) is 60.9 Å². The standard InChI is InChI=1S/C14H24N2O.C2HF3O2/c1-15-13(17)4-2-7-14(15)8-3-9-16(11-14)10-12-5-6-12;3-2(4,5)1(6)7/h12H,2-11H2,1H3;(H,6,7). The zero-order valence-corrected chi connectivity index (χ0v) is 13.9. The molecule has 5 nitrogen and oxygen atoms in total. The summed E-state index contributed by atoms with van der Waals surface area (Å²) in [5, 5.41) is 7.12. The lowest BCUT2D eigenvalue weighted by atomic mass is 9.80. The Morgan fingerprint density at radius 1 is 1.29 bits per heavy atom. The second-order valence-electron chi connectivity index (χ2n) is 7.12. The third kappa shape index (κ3) is 4.84. The van der Waals surface area contributed by atoms with Crippen LogP contribution in [-0.4, -0.2) is 65.2 Å². The van der Waals surface area contributed by atoms with Gasteiger partial charge in [-0.15, -0.1) is 0 Å². The summed E-state index contributed by atoms with van der Waals surface area (Å²) in [5.41, 5.74) is 0.183. The van der Waals surface area contributed by atoms with Gasteiger partial charge in [0.25, 0.3) is 0 Å². The number of carboxylic acids is 1. The summed E-state index contributed by atoms with van der Waals surface area (Å²) in [6, 6.07) is 0. The first-order valence-corrected chi connectivity index (χ1v) is 8.43. The first kappa shape index (κ1) is 19.0. The fourth-order valence-corrected chi connectivity index (χ4v) is 3.67. The first-order chi connectivity index (χ1) is 11.1. The van der Waals surface area contributed by atoms with Crippen LogP contribution in [0.3, 0.4) is 0 Å². The summed E-state index contributed by atoms with van der Waals surface area (Å²) in [6.07, 6.45) is 3.34. The van der Waals surface area contributed by atoms with Crippen molar-refractivity contribution in [3.8, 4) is 0 Å². The number of carbonyl (C=O) groups is 2. The van der Waals surface area contributed by atoms with Gasteiger partial charge in [-0.3, -0.25) is 4.79 Å². The van der Waals surface area contributed by atoms with E-state index in [1.165, 1.54) is 45.2 Å². The average Bonchev–Trinajstić information content (AvgIpc) is 3.29. The molecule has 2 saturated heterocycles. The molecule has 3 fully saturated rings. The van der Waals surface area contributed by atoms with Crippen LogP contribution in [0.4, 0.5) is 13.2 Å². The maximum absolute atomic E-state index is 11.9. The second-order valence-corrected chi connectivity index (χ2v) is 7.12. The van der Waals surface area contributed by atoms with Crippen molar-refractivity contribution in [2.24, 2.45) is 5.92 Å².